The van der Waals surface area contributed by atoms with Crippen molar-refractivity contribution in [3.8, 4) is 0 Å². The standard InChI is InChI=1S/C12H19N5O/c1-8(2)17-12(13-7-14-17)5-11(18)10-6-16(4)15-9(10)3/h6-8,11,18H,5H2,1-4H3. The number of aryl methyl sites for hydroxylation is 2. The van der Waals surface area contributed by atoms with E-state index in [1.807, 2.05) is 38.7 Å². The second kappa shape index (κ2) is 4.89. The molecule has 6 nitrogen and oxygen atoms in total. The molecule has 2 heterocycles. The van der Waals surface area contributed by atoms with Gasteiger partial charge in [0.1, 0.15) is 12.2 Å². The molecule has 0 fully saturated rings. The maximum atomic E-state index is 10.3. The topological polar surface area (TPSA) is 68.8 Å². The van der Waals surface area contributed by atoms with Crippen molar-refractivity contribution in [2.24, 2.45) is 7.05 Å². The molecule has 18 heavy (non-hydrogen) atoms. The molecular weight excluding hydrogens is 230 g/mol. The summed E-state index contributed by atoms with van der Waals surface area (Å²) in [6, 6.07) is 0.240. The van der Waals surface area contributed by atoms with E-state index in [1.165, 1.54) is 6.33 Å². The number of nitrogens with zero attached hydrogens (tertiary/aromatic N) is 5. The molecule has 98 valence electrons. The first kappa shape index (κ1) is 12.8. The molecule has 0 aliphatic heterocycles. The summed E-state index contributed by atoms with van der Waals surface area (Å²) in [7, 11) is 1.85. The van der Waals surface area contributed by atoms with Crippen molar-refractivity contribution in [1.29, 1.82) is 0 Å². The fourth-order valence-corrected chi connectivity index (χ4v) is 2.08. The highest BCUT2D eigenvalue weighted by atomic mass is 16.3. The van der Waals surface area contributed by atoms with Gasteiger partial charge in [0.25, 0.3) is 0 Å². The Morgan fingerprint density at radius 1 is 1.39 bits per heavy atom. The van der Waals surface area contributed by atoms with Crippen LogP contribution >= 0.6 is 0 Å². The Labute approximate surface area is 106 Å². The Bertz CT molecular complexity index is 528. The first-order valence-corrected chi connectivity index (χ1v) is 6.05. The molecule has 0 aliphatic carbocycles. The van der Waals surface area contributed by atoms with Gasteiger partial charge in [-0.05, 0) is 20.8 Å². The summed E-state index contributed by atoms with van der Waals surface area (Å²) in [5.74, 6) is 0.792. The van der Waals surface area contributed by atoms with E-state index < -0.39 is 6.10 Å². The van der Waals surface area contributed by atoms with Gasteiger partial charge in [-0.25, -0.2) is 9.67 Å². The maximum absolute atomic E-state index is 10.3. The normalized spacial score (nSPS) is 13.2. The third-order valence-corrected chi connectivity index (χ3v) is 2.92. The maximum Gasteiger partial charge on any atom is 0.138 e. The van der Waals surface area contributed by atoms with Crippen LogP contribution in [0.3, 0.4) is 0 Å². The minimum atomic E-state index is -0.597. The monoisotopic (exact) mass is 249 g/mol. The molecule has 0 aliphatic rings. The second-order valence-electron chi connectivity index (χ2n) is 4.78. The number of hydrogen-bond donors (Lipinski definition) is 1. The van der Waals surface area contributed by atoms with E-state index in [1.54, 1.807) is 4.68 Å². The summed E-state index contributed by atoms with van der Waals surface area (Å²) >= 11 is 0. The molecule has 1 atom stereocenters. The molecule has 1 unspecified atom stereocenters. The van der Waals surface area contributed by atoms with E-state index in [0.717, 1.165) is 17.1 Å². The number of hydrogen-bond acceptors (Lipinski definition) is 4. The zero-order valence-corrected chi connectivity index (χ0v) is 11.2. The van der Waals surface area contributed by atoms with Crippen LogP contribution in [0.5, 0.6) is 0 Å². The molecule has 0 amide bonds. The Kier molecular flexibility index (Phi) is 3.47. The van der Waals surface area contributed by atoms with E-state index in [9.17, 15) is 5.11 Å². The third kappa shape index (κ3) is 2.43. The highest BCUT2D eigenvalue weighted by molar-refractivity contribution is 5.19. The minimum Gasteiger partial charge on any atom is -0.388 e. The van der Waals surface area contributed by atoms with Crippen LogP contribution in [-0.4, -0.2) is 29.7 Å². The average molecular weight is 249 g/mol. The molecule has 6 heteroatoms. The fourth-order valence-electron chi connectivity index (χ4n) is 2.08. The Morgan fingerprint density at radius 3 is 2.67 bits per heavy atom. The number of aliphatic hydroxyl groups is 1. The molecule has 0 saturated heterocycles. The molecule has 2 aromatic rings. The largest absolute Gasteiger partial charge is 0.388 e. The van der Waals surface area contributed by atoms with Crippen molar-refractivity contribution in [2.75, 3.05) is 0 Å². The number of rotatable bonds is 4. The van der Waals surface area contributed by atoms with Gasteiger partial charge in [0.05, 0.1) is 11.8 Å². The first-order valence-electron chi connectivity index (χ1n) is 6.05. The van der Waals surface area contributed by atoms with Gasteiger partial charge < -0.3 is 5.11 Å². The van der Waals surface area contributed by atoms with Crippen LogP contribution in [0.25, 0.3) is 0 Å². The van der Waals surface area contributed by atoms with E-state index in [4.69, 9.17) is 0 Å². The molecular formula is C12H19N5O. The summed E-state index contributed by atoms with van der Waals surface area (Å²) in [5, 5.41) is 18.7. The molecule has 0 aromatic carbocycles. The summed E-state index contributed by atoms with van der Waals surface area (Å²) in [5.41, 5.74) is 1.69. The number of aromatic nitrogens is 5. The van der Waals surface area contributed by atoms with Gasteiger partial charge in [0.2, 0.25) is 0 Å². The van der Waals surface area contributed by atoms with Gasteiger partial charge in [-0.15, -0.1) is 0 Å². The van der Waals surface area contributed by atoms with Gasteiger partial charge >= 0.3 is 0 Å². The lowest BCUT2D eigenvalue weighted by Gasteiger charge is -2.12. The van der Waals surface area contributed by atoms with Crippen LogP contribution in [0.2, 0.25) is 0 Å². The van der Waals surface area contributed by atoms with Crippen molar-refractivity contribution in [1.82, 2.24) is 24.5 Å². The molecule has 0 bridgehead atoms. The van der Waals surface area contributed by atoms with Gasteiger partial charge in [0.15, 0.2) is 0 Å². The van der Waals surface area contributed by atoms with E-state index >= 15 is 0 Å². The molecule has 0 radical (unpaired) electrons. The van der Waals surface area contributed by atoms with E-state index in [-0.39, 0.29) is 6.04 Å². The zero-order chi connectivity index (χ0) is 13.3. The average Bonchev–Trinajstić information content (AvgIpc) is 2.85. The van der Waals surface area contributed by atoms with Crippen LogP contribution in [-0.2, 0) is 13.5 Å². The van der Waals surface area contributed by atoms with Gasteiger partial charge in [0, 0.05) is 31.3 Å². The fraction of sp³-hybridized carbons (Fsp3) is 0.583. The lowest BCUT2D eigenvalue weighted by atomic mass is 10.1. The lowest BCUT2D eigenvalue weighted by molar-refractivity contribution is 0.172. The zero-order valence-electron chi connectivity index (χ0n) is 11.2. The number of aliphatic hydroxyl groups excluding tert-OH is 1. The van der Waals surface area contributed by atoms with Crippen LogP contribution in [0.15, 0.2) is 12.5 Å². The van der Waals surface area contributed by atoms with Crippen molar-refractivity contribution < 1.29 is 5.11 Å². The van der Waals surface area contributed by atoms with E-state index in [2.05, 4.69) is 15.2 Å². The summed E-state index contributed by atoms with van der Waals surface area (Å²) < 4.78 is 3.54. The van der Waals surface area contributed by atoms with Crippen LogP contribution in [0.4, 0.5) is 0 Å². The van der Waals surface area contributed by atoms with E-state index in [0.29, 0.717) is 6.42 Å². The smallest absolute Gasteiger partial charge is 0.138 e. The SMILES string of the molecule is Cc1nn(C)cc1C(O)Cc1ncnn1C(C)C. The Morgan fingerprint density at radius 2 is 2.11 bits per heavy atom. The van der Waals surface area contributed by atoms with Crippen molar-refractivity contribution in [3.05, 3.63) is 29.6 Å². The predicted molar refractivity (Wildman–Crippen MR) is 67.0 cm³/mol. The molecule has 1 N–H and O–H groups in total. The lowest BCUT2D eigenvalue weighted by Crippen LogP contribution is -2.12. The Hall–Kier alpha value is -1.69. The molecule has 0 saturated carbocycles. The highest BCUT2D eigenvalue weighted by Crippen LogP contribution is 2.20. The van der Waals surface area contributed by atoms with Gasteiger partial charge in [-0.3, -0.25) is 4.68 Å². The van der Waals surface area contributed by atoms with Crippen LogP contribution in [0, 0.1) is 6.92 Å². The minimum absolute atomic E-state index is 0.240. The molecule has 2 rings (SSSR count). The van der Waals surface area contributed by atoms with Crippen molar-refractivity contribution in [3.63, 3.8) is 0 Å². The van der Waals surface area contributed by atoms with Gasteiger partial charge in [-0.2, -0.15) is 10.2 Å². The third-order valence-electron chi connectivity index (χ3n) is 2.92. The van der Waals surface area contributed by atoms with Crippen LogP contribution < -0.4 is 0 Å². The van der Waals surface area contributed by atoms with Crippen molar-refractivity contribution >= 4 is 0 Å². The predicted octanol–water partition coefficient (Wildman–Crippen LogP) is 1.18. The quantitative estimate of drug-likeness (QED) is 0.883. The molecule has 0 spiro atoms. The summed E-state index contributed by atoms with van der Waals surface area (Å²) in [4.78, 5) is 4.20. The second-order valence-corrected chi connectivity index (χ2v) is 4.78. The van der Waals surface area contributed by atoms with Crippen LogP contribution in [0.1, 0.15) is 43.1 Å². The Balaban J connectivity index is 2.18. The highest BCUT2D eigenvalue weighted by Gasteiger charge is 2.18. The van der Waals surface area contributed by atoms with Gasteiger partial charge in [-0.1, -0.05) is 0 Å². The summed E-state index contributed by atoms with van der Waals surface area (Å²) in [6.45, 7) is 5.98. The molecule has 2 aromatic heterocycles. The summed E-state index contributed by atoms with van der Waals surface area (Å²) in [6.07, 6.45) is 3.22. The first-order chi connectivity index (χ1) is 8.49. The van der Waals surface area contributed by atoms with Crippen molar-refractivity contribution in [2.45, 2.75) is 39.3 Å².